The summed E-state index contributed by atoms with van der Waals surface area (Å²) in [5, 5.41) is 0. The molecule has 0 aliphatic heterocycles. The molecular formula is C40H62N2. The smallest absolute Gasteiger partial charge is 0.112 e. The maximum atomic E-state index is 5.12. The topological polar surface area (TPSA) is 17.8 Å². The van der Waals surface area contributed by atoms with Crippen molar-refractivity contribution in [3.05, 3.63) is 90.0 Å². The highest BCUT2D eigenvalue weighted by Crippen LogP contribution is 2.44. The Hall–Kier alpha value is -2.35. The molecule has 0 radical (unpaired) electrons. The van der Waals surface area contributed by atoms with Gasteiger partial charge in [-0.1, -0.05) is 184 Å². The fraction of sp³-hybridized carbons (Fsp3) is 0.625. The van der Waals surface area contributed by atoms with E-state index in [2.05, 4.69) is 98.4 Å². The lowest BCUT2D eigenvalue weighted by Gasteiger charge is -2.39. The molecule has 0 bridgehead atoms. The quantitative estimate of drug-likeness (QED) is 0.0979. The van der Waals surface area contributed by atoms with Gasteiger partial charge in [0.25, 0.3) is 0 Å². The first-order valence-corrected chi connectivity index (χ1v) is 17.8. The number of rotatable bonds is 24. The summed E-state index contributed by atoms with van der Waals surface area (Å²) in [5.41, 5.74) is 2.84. The van der Waals surface area contributed by atoms with Crippen LogP contribution in [0.4, 0.5) is 0 Å². The molecule has 3 rings (SSSR count). The Kier molecular flexibility index (Phi) is 16.7. The zero-order chi connectivity index (χ0) is 29.7. The highest BCUT2D eigenvalue weighted by molar-refractivity contribution is 5.33. The summed E-state index contributed by atoms with van der Waals surface area (Å²) in [6.45, 7) is 8.21. The Morgan fingerprint density at radius 1 is 0.619 bits per heavy atom. The summed E-state index contributed by atoms with van der Waals surface area (Å²) in [5.74, 6) is 1.69. The summed E-state index contributed by atoms with van der Waals surface area (Å²) in [7, 11) is 0. The van der Waals surface area contributed by atoms with Crippen LogP contribution >= 0.6 is 0 Å². The second-order valence-electron chi connectivity index (χ2n) is 13.1. The van der Waals surface area contributed by atoms with Crippen LogP contribution in [0.5, 0.6) is 0 Å². The molecule has 42 heavy (non-hydrogen) atoms. The van der Waals surface area contributed by atoms with Crippen molar-refractivity contribution in [2.24, 2.45) is 0 Å². The number of aryl methyl sites for hydroxylation is 1. The van der Waals surface area contributed by atoms with Gasteiger partial charge in [0.05, 0.1) is 0 Å². The van der Waals surface area contributed by atoms with Crippen LogP contribution < -0.4 is 0 Å². The van der Waals surface area contributed by atoms with Crippen molar-refractivity contribution in [2.45, 2.75) is 161 Å². The normalized spacial score (nSPS) is 13.7. The summed E-state index contributed by atoms with van der Waals surface area (Å²) in [6.07, 6.45) is 29.8. The molecular weight excluding hydrogens is 508 g/mol. The standard InChI is InChI=1S/C40H62N2/c1-4-6-8-10-12-13-14-15-17-25-31-38(39-41-32-34-42(39)33-26-18-16-11-9-7-5-2)40(3,37-29-23-20-24-30-37)35-36-27-21-19-22-28-36/h19-24,27-30,32,34,38H,4-18,25-26,31,33,35H2,1-3H3. The van der Waals surface area contributed by atoms with E-state index < -0.39 is 0 Å². The zero-order valence-corrected chi connectivity index (χ0v) is 27.5. The summed E-state index contributed by atoms with van der Waals surface area (Å²) < 4.78 is 2.51. The van der Waals surface area contributed by atoms with Gasteiger partial charge in [0, 0.05) is 30.3 Å². The van der Waals surface area contributed by atoms with Gasteiger partial charge in [-0.3, -0.25) is 0 Å². The third kappa shape index (κ3) is 11.7. The maximum Gasteiger partial charge on any atom is 0.112 e. The summed E-state index contributed by atoms with van der Waals surface area (Å²) in [4.78, 5) is 5.12. The first-order valence-electron chi connectivity index (χ1n) is 17.8. The average Bonchev–Trinajstić information content (AvgIpc) is 3.48. The molecule has 2 aromatic carbocycles. The van der Waals surface area contributed by atoms with Gasteiger partial charge in [0.15, 0.2) is 0 Å². The lowest BCUT2D eigenvalue weighted by atomic mass is 9.66. The Morgan fingerprint density at radius 3 is 1.69 bits per heavy atom. The molecule has 3 aromatic rings. The van der Waals surface area contributed by atoms with Crippen molar-refractivity contribution in [3.8, 4) is 0 Å². The number of benzene rings is 2. The molecule has 0 saturated carbocycles. The van der Waals surface area contributed by atoms with Crippen molar-refractivity contribution in [1.29, 1.82) is 0 Å². The van der Waals surface area contributed by atoms with Crippen LogP contribution in [-0.2, 0) is 18.4 Å². The van der Waals surface area contributed by atoms with Gasteiger partial charge < -0.3 is 4.57 Å². The van der Waals surface area contributed by atoms with Crippen molar-refractivity contribution < 1.29 is 0 Å². The third-order valence-corrected chi connectivity index (χ3v) is 9.52. The molecule has 0 aliphatic rings. The van der Waals surface area contributed by atoms with Gasteiger partial charge in [-0.15, -0.1) is 0 Å². The molecule has 2 heteroatoms. The molecule has 0 saturated heterocycles. The first kappa shape index (κ1) is 34.1. The Labute approximate surface area is 259 Å². The van der Waals surface area contributed by atoms with Crippen molar-refractivity contribution >= 4 is 0 Å². The zero-order valence-electron chi connectivity index (χ0n) is 27.5. The lowest BCUT2D eigenvalue weighted by molar-refractivity contribution is 0.321. The van der Waals surface area contributed by atoms with Gasteiger partial charge >= 0.3 is 0 Å². The molecule has 0 aliphatic carbocycles. The number of hydrogen-bond donors (Lipinski definition) is 0. The number of hydrogen-bond acceptors (Lipinski definition) is 1. The molecule has 0 amide bonds. The predicted octanol–water partition coefficient (Wildman–Crippen LogP) is 12.2. The highest BCUT2D eigenvalue weighted by atomic mass is 15.1. The molecule has 2 unspecified atom stereocenters. The molecule has 1 heterocycles. The minimum atomic E-state index is -0.0227. The van der Waals surface area contributed by atoms with Crippen LogP contribution in [0.25, 0.3) is 0 Å². The molecule has 0 spiro atoms. The molecule has 0 N–H and O–H groups in total. The molecule has 1 aromatic heterocycles. The van der Waals surface area contributed by atoms with Crippen LogP contribution in [0.3, 0.4) is 0 Å². The lowest BCUT2D eigenvalue weighted by Crippen LogP contribution is -2.35. The maximum absolute atomic E-state index is 5.12. The van der Waals surface area contributed by atoms with E-state index in [1.807, 2.05) is 0 Å². The van der Waals surface area contributed by atoms with E-state index in [1.54, 1.807) is 0 Å². The van der Waals surface area contributed by atoms with Crippen LogP contribution in [0.15, 0.2) is 73.1 Å². The van der Waals surface area contributed by atoms with E-state index in [1.165, 1.54) is 133 Å². The minimum Gasteiger partial charge on any atom is -0.335 e. The van der Waals surface area contributed by atoms with Gasteiger partial charge in [0.2, 0.25) is 0 Å². The SMILES string of the molecule is CCCCCCCCCCCCC(c1nccn1CCCCCCCCC)C(C)(Cc1ccccc1)c1ccccc1. The van der Waals surface area contributed by atoms with E-state index in [-0.39, 0.29) is 5.41 Å². The molecule has 0 fully saturated rings. The highest BCUT2D eigenvalue weighted by Gasteiger charge is 2.39. The molecule has 232 valence electrons. The van der Waals surface area contributed by atoms with Crippen LogP contribution in [0.2, 0.25) is 0 Å². The van der Waals surface area contributed by atoms with E-state index in [4.69, 9.17) is 4.98 Å². The van der Waals surface area contributed by atoms with Crippen molar-refractivity contribution in [2.75, 3.05) is 0 Å². The third-order valence-electron chi connectivity index (χ3n) is 9.52. The first-order chi connectivity index (χ1) is 20.7. The minimum absolute atomic E-state index is 0.0227. The number of unbranched alkanes of at least 4 members (excludes halogenated alkanes) is 15. The Morgan fingerprint density at radius 2 is 1.12 bits per heavy atom. The van der Waals surface area contributed by atoms with E-state index in [0.29, 0.717) is 5.92 Å². The van der Waals surface area contributed by atoms with Gasteiger partial charge in [-0.05, 0) is 30.4 Å². The average molecular weight is 571 g/mol. The van der Waals surface area contributed by atoms with Gasteiger partial charge in [-0.2, -0.15) is 0 Å². The van der Waals surface area contributed by atoms with Crippen LogP contribution in [-0.4, -0.2) is 9.55 Å². The Balaban J connectivity index is 1.72. The molecule has 2 nitrogen and oxygen atoms in total. The van der Waals surface area contributed by atoms with Crippen molar-refractivity contribution in [1.82, 2.24) is 9.55 Å². The fourth-order valence-corrected chi connectivity index (χ4v) is 6.89. The number of aromatic nitrogens is 2. The van der Waals surface area contributed by atoms with Gasteiger partial charge in [-0.25, -0.2) is 4.98 Å². The van der Waals surface area contributed by atoms with Crippen LogP contribution in [0, 0.1) is 0 Å². The number of imidazole rings is 1. The fourth-order valence-electron chi connectivity index (χ4n) is 6.89. The Bertz CT molecular complexity index is 1040. The largest absolute Gasteiger partial charge is 0.335 e. The van der Waals surface area contributed by atoms with Crippen LogP contribution in [0.1, 0.15) is 159 Å². The second kappa shape index (κ2) is 20.5. The molecule has 2 atom stereocenters. The number of nitrogens with zero attached hydrogens (tertiary/aromatic N) is 2. The van der Waals surface area contributed by atoms with E-state index in [0.717, 1.165) is 13.0 Å². The summed E-state index contributed by atoms with van der Waals surface area (Å²) >= 11 is 0. The summed E-state index contributed by atoms with van der Waals surface area (Å²) in [6, 6.07) is 22.5. The monoisotopic (exact) mass is 570 g/mol. The predicted molar refractivity (Wildman–Crippen MR) is 183 cm³/mol. The van der Waals surface area contributed by atoms with E-state index >= 15 is 0 Å². The van der Waals surface area contributed by atoms with E-state index in [9.17, 15) is 0 Å². The van der Waals surface area contributed by atoms with Crippen molar-refractivity contribution in [3.63, 3.8) is 0 Å². The second-order valence-corrected chi connectivity index (χ2v) is 13.1. The van der Waals surface area contributed by atoms with Gasteiger partial charge in [0.1, 0.15) is 5.82 Å².